The van der Waals surface area contributed by atoms with E-state index in [1.54, 1.807) is 7.11 Å². The van der Waals surface area contributed by atoms with Gasteiger partial charge in [0.15, 0.2) is 0 Å². The van der Waals surface area contributed by atoms with E-state index in [1.807, 2.05) is 19.2 Å². The quantitative estimate of drug-likeness (QED) is 0.275. The molecule has 0 N–H and O–H groups in total. The van der Waals surface area contributed by atoms with Crippen LogP contribution in [0.1, 0.15) is 58.9 Å². The molecule has 3 aromatic rings. The highest BCUT2D eigenvalue weighted by molar-refractivity contribution is 9.10. The van der Waals surface area contributed by atoms with E-state index in [1.165, 1.54) is 12.5 Å². The van der Waals surface area contributed by atoms with Gasteiger partial charge in [0, 0.05) is 48.0 Å². The Morgan fingerprint density at radius 1 is 1.23 bits per heavy atom. The standard InChI is InChI=1S/C31H40BrN3O5/c1-18-15-34(16-19(2)40-18)23-12-25(28(33-14-23)20(3)37-7)29-26(13-31(5,6)17-39-21(4)36)24-10-22(32)11-27-30(24)35(29)8-9-38-27/h10-12,14,18-20H,8-9,13,15-17H2,1-7H3/t18-,19-,20+/m1/s1. The van der Waals surface area contributed by atoms with Crippen LogP contribution in [0.25, 0.3) is 22.2 Å². The average molecular weight is 615 g/mol. The third-order valence-corrected chi connectivity index (χ3v) is 8.22. The maximum atomic E-state index is 11.7. The summed E-state index contributed by atoms with van der Waals surface area (Å²) in [6, 6.07) is 6.49. The minimum Gasteiger partial charge on any atom is -0.489 e. The fraction of sp³-hybridized carbons (Fsp3) is 0.548. The molecular formula is C31H40BrN3O5. The van der Waals surface area contributed by atoms with Crippen molar-refractivity contribution in [2.45, 2.75) is 72.8 Å². The predicted octanol–water partition coefficient (Wildman–Crippen LogP) is 6.31. The number of ether oxygens (including phenoxy) is 4. The molecule has 0 bridgehead atoms. The molecule has 1 aromatic carbocycles. The van der Waals surface area contributed by atoms with Crippen LogP contribution in [0.5, 0.6) is 5.75 Å². The lowest BCUT2D eigenvalue weighted by Gasteiger charge is -2.37. The molecule has 8 nitrogen and oxygen atoms in total. The largest absolute Gasteiger partial charge is 0.489 e. The molecule has 1 saturated heterocycles. The molecule has 1 fully saturated rings. The second-order valence-electron chi connectivity index (χ2n) is 11.9. The fourth-order valence-electron chi connectivity index (χ4n) is 6.03. The molecule has 0 radical (unpaired) electrons. The number of halogens is 1. The lowest BCUT2D eigenvalue weighted by atomic mass is 9.84. The Kier molecular flexibility index (Phi) is 8.19. The zero-order chi connectivity index (χ0) is 28.8. The highest BCUT2D eigenvalue weighted by Gasteiger charge is 2.32. The van der Waals surface area contributed by atoms with Crippen molar-refractivity contribution in [3.05, 3.63) is 40.1 Å². The van der Waals surface area contributed by atoms with Gasteiger partial charge in [-0.2, -0.15) is 0 Å². The lowest BCUT2D eigenvalue weighted by Crippen LogP contribution is -2.45. The van der Waals surface area contributed by atoms with E-state index in [0.717, 1.165) is 63.4 Å². The average Bonchev–Trinajstić information content (AvgIpc) is 3.19. The van der Waals surface area contributed by atoms with E-state index in [0.29, 0.717) is 19.6 Å². The highest BCUT2D eigenvalue weighted by Crippen LogP contribution is 2.46. The molecule has 0 aliphatic carbocycles. The van der Waals surface area contributed by atoms with Gasteiger partial charge in [-0.05, 0) is 51.0 Å². The smallest absolute Gasteiger partial charge is 0.302 e. The van der Waals surface area contributed by atoms with Gasteiger partial charge in [0.05, 0.1) is 60.3 Å². The first kappa shape index (κ1) is 28.9. The van der Waals surface area contributed by atoms with Crippen molar-refractivity contribution in [2.24, 2.45) is 5.41 Å². The van der Waals surface area contributed by atoms with Crippen molar-refractivity contribution >= 4 is 38.5 Å². The number of hydrogen-bond donors (Lipinski definition) is 0. The second kappa shape index (κ2) is 11.3. The summed E-state index contributed by atoms with van der Waals surface area (Å²) in [4.78, 5) is 19.1. The number of rotatable bonds is 8. The Labute approximate surface area is 245 Å². The maximum absolute atomic E-state index is 11.7. The molecular weight excluding hydrogens is 574 g/mol. The Bertz CT molecular complexity index is 1410. The van der Waals surface area contributed by atoms with Gasteiger partial charge >= 0.3 is 5.97 Å². The number of anilines is 1. The molecule has 0 amide bonds. The summed E-state index contributed by atoms with van der Waals surface area (Å²) in [5, 5.41) is 1.13. The molecule has 216 valence electrons. The van der Waals surface area contributed by atoms with Gasteiger partial charge in [-0.15, -0.1) is 0 Å². The van der Waals surface area contributed by atoms with Crippen molar-refractivity contribution < 1.29 is 23.7 Å². The molecule has 4 heterocycles. The molecule has 40 heavy (non-hydrogen) atoms. The summed E-state index contributed by atoms with van der Waals surface area (Å²) in [7, 11) is 1.72. The van der Waals surface area contributed by atoms with Gasteiger partial charge in [-0.1, -0.05) is 29.8 Å². The molecule has 3 atom stereocenters. The molecule has 0 spiro atoms. The van der Waals surface area contributed by atoms with Crippen LogP contribution in [0.3, 0.4) is 0 Å². The summed E-state index contributed by atoms with van der Waals surface area (Å²) in [5.74, 6) is 0.594. The fourth-order valence-corrected chi connectivity index (χ4v) is 6.47. The van der Waals surface area contributed by atoms with Gasteiger partial charge in [-0.25, -0.2) is 0 Å². The molecule has 9 heteroatoms. The van der Waals surface area contributed by atoms with E-state index < -0.39 is 0 Å². The van der Waals surface area contributed by atoms with Crippen LogP contribution >= 0.6 is 15.9 Å². The van der Waals surface area contributed by atoms with E-state index in [-0.39, 0.29) is 29.7 Å². The number of methoxy groups -OCH3 is 1. The normalized spacial score (nSPS) is 19.9. The first-order valence-corrected chi connectivity index (χ1v) is 14.8. The number of morpholine rings is 1. The van der Waals surface area contributed by atoms with Gasteiger partial charge in [0.25, 0.3) is 0 Å². The molecule has 5 rings (SSSR count). The Hall–Kier alpha value is -2.62. The Morgan fingerprint density at radius 2 is 1.95 bits per heavy atom. The number of pyridine rings is 1. The number of aromatic nitrogens is 2. The summed E-state index contributed by atoms with van der Waals surface area (Å²) >= 11 is 3.72. The van der Waals surface area contributed by atoms with Crippen molar-refractivity contribution in [3.8, 4) is 17.0 Å². The van der Waals surface area contributed by atoms with E-state index in [2.05, 4.69) is 65.2 Å². The summed E-state index contributed by atoms with van der Waals surface area (Å²) in [5.41, 5.74) is 6.11. The van der Waals surface area contributed by atoms with Crippen LogP contribution in [0.15, 0.2) is 28.9 Å². The minimum absolute atomic E-state index is 0.136. The van der Waals surface area contributed by atoms with Crippen LogP contribution in [-0.4, -0.2) is 61.1 Å². The molecule has 2 aliphatic heterocycles. The van der Waals surface area contributed by atoms with Crippen molar-refractivity contribution in [2.75, 3.05) is 38.3 Å². The van der Waals surface area contributed by atoms with E-state index in [4.69, 9.17) is 23.9 Å². The first-order chi connectivity index (χ1) is 19.0. The lowest BCUT2D eigenvalue weighted by molar-refractivity contribution is -0.143. The SMILES string of the molecule is CO[C@@H](C)c1ncc(N2C[C@@H](C)O[C@H](C)C2)cc1-c1c(CC(C)(C)COC(C)=O)c2cc(Br)cc3c2n1CCO3. The van der Waals surface area contributed by atoms with E-state index >= 15 is 0 Å². The van der Waals surface area contributed by atoms with E-state index in [9.17, 15) is 4.79 Å². The Balaban J connectivity index is 1.75. The number of hydrogen-bond acceptors (Lipinski definition) is 7. The first-order valence-electron chi connectivity index (χ1n) is 14.0. The number of carbonyl (C=O) groups is 1. The molecule has 0 unspecified atom stereocenters. The maximum Gasteiger partial charge on any atom is 0.302 e. The number of benzene rings is 1. The van der Waals surface area contributed by atoms with Crippen LogP contribution < -0.4 is 9.64 Å². The predicted molar refractivity (Wildman–Crippen MR) is 160 cm³/mol. The van der Waals surface area contributed by atoms with Crippen molar-refractivity contribution in [3.63, 3.8) is 0 Å². The topological polar surface area (TPSA) is 75.1 Å². The van der Waals surface area contributed by atoms with Crippen LogP contribution in [-0.2, 0) is 32.0 Å². The summed E-state index contributed by atoms with van der Waals surface area (Å²) < 4.78 is 26.8. The molecule has 2 aliphatic rings. The molecule has 2 aromatic heterocycles. The number of carbonyl (C=O) groups excluding carboxylic acids is 1. The second-order valence-corrected chi connectivity index (χ2v) is 12.8. The molecule has 0 saturated carbocycles. The zero-order valence-corrected chi connectivity index (χ0v) is 26.1. The highest BCUT2D eigenvalue weighted by atomic mass is 79.9. The monoisotopic (exact) mass is 613 g/mol. The van der Waals surface area contributed by atoms with Gasteiger partial charge in [-0.3, -0.25) is 9.78 Å². The van der Waals surface area contributed by atoms with Crippen molar-refractivity contribution in [1.29, 1.82) is 0 Å². The summed E-state index contributed by atoms with van der Waals surface area (Å²) in [6.45, 7) is 15.3. The Morgan fingerprint density at radius 3 is 2.62 bits per heavy atom. The summed E-state index contributed by atoms with van der Waals surface area (Å²) in [6.07, 6.45) is 2.73. The number of nitrogens with zero attached hydrogens (tertiary/aromatic N) is 3. The minimum atomic E-state index is -0.302. The zero-order valence-electron chi connectivity index (χ0n) is 24.5. The van der Waals surface area contributed by atoms with Gasteiger partial charge in [0.1, 0.15) is 12.4 Å². The van der Waals surface area contributed by atoms with Gasteiger partial charge < -0.3 is 28.4 Å². The van der Waals surface area contributed by atoms with Crippen LogP contribution in [0.4, 0.5) is 5.69 Å². The van der Waals surface area contributed by atoms with Crippen molar-refractivity contribution in [1.82, 2.24) is 9.55 Å². The van der Waals surface area contributed by atoms with Crippen LogP contribution in [0.2, 0.25) is 0 Å². The number of esters is 1. The third kappa shape index (κ3) is 5.74. The van der Waals surface area contributed by atoms with Crippen LogP contribution in [0, 0.1) is 5.41 Å². The van der Waals surface area contributed by atoms with Gasteiger partial charge in [0.2, 0.25) is 0 Å². The third-order valence-electron chi connectivity index (χ3n) is 7.77.